The molecule has 11 heavy (non-hydrogen) atoms. The van der Waals surface area contributed by atoms with Crippen LogP contribution in [0.3, 0.4) is 0 Å². The van der Waals surface area contributed by atoms with Gasteiger partial charge in [0.05, 0.1) is 6.07 Å². The van der Waals surface area contributed by atoms with Crippen LogP contribution in [-0.4, -0.2) is 0 Å². The molecule has 0 aliphatic heterocycles. The Balaban J connectivity index is 3.46. The summed E-state index contributed by atoms with van der Waals surface area (Å²) in [5.41, 5.74) is 15.3. The lowest BCUT2D eigenvalue weighted by atomic mass is 10.5. The third-order valence-electron chi connectivity index (χ3n) is 1.18. The molecular weight excluding hydrogens is 150 g/mol. The first-order valence-electron chi connectivity index (χ1n) is 2.70. The van der Waals surface area contributed by atoms with Gasteiger partial charge in [0, 0.05) is 0 Å². The summed E-state index contributed by atoms with van der Waals surface area (Å²) in [4.78, 5) is 0. The largest absolute Gasteiger partial charge is 0.706 e. The Morgan fingerprint density at radius 3 is 1.73 bits per heavy atom. The predicted molar refractivity (Wildman–Crippen MR) is 37.6 cm³/mol. The highest BCUT2D eigenvalue weighted by Crippen LogP contribution is 1.99. The van der Waals surface area contributed by atoms with Crippen molar-refractivity contribution in [1.82, 2.24) is 0 Å². The maximum atomic E-state index is 10.7. The maximum Gasteiger partial charge on any atom is 0.451 e. The third-order valence-corrected chi connectivity index (χ3v) is 1.18. The van der Waals surface area contributed by atoms with Crippen LogP contribution in [0.2, 0.25) is 0 Å². The molecular formula is C4H7N5O2. The number of hydrogen-bond donors (Lipinski definition) is 3. The Bertz CT molecular complexity index is 273. The highest BCUT2D eigenvalue weighted by atomic mass is 16.5. The number of nitrogens with two attached hydrogens (primary N) is 3. The van der Waals surface area contributed by atoms with E-state index in [0.29, 0.717) is 0 Å². The average Bonchev–Trinajstić information content (AvgIpc) is 1.97. The molecule has 0 aliphatic carbocycles. The van der Waals surface area contributed by atoms with E-state index in [1.165, 1.54) is 0 Å². The minimum atomic E-state index is -0.581. The maximum absolute atomic E-state index is 10.7. The fraction of sp³-hybridized carbons (Fsp3) is 0. The summed E-state index contributed by atoms with van der Waals surface area (Å²) in [5, 5.41) is 21.5. The molecule has 0 amide bonds. The van der Waals surface area contributed by atoms with Gasteiger partial charge in [-0.2, -0.15) is 9.46 Å². The lowest BCUT2D eigenvalue weighted by Gasteiger charge is -2.11. The van der Waals surface area contributed by atoms with Crippen LogP contribution in [0.5, 0.6) is 0 Å². The monoisotopic (exact) mass is 157 g/mol. The number of rotatable bonds is 0. The van der Waals surface area contributed by atoms with Gasteiger partial charge in [0.25, 0.3) is 5.82 Å². The normalized spacial score (nSPS) is 9.82. The van der Waals surface area contributed by atoms with E-state index < -0.39 is 5.95 Å². The molecule has 1 aromatic heterocycles. The second kappa shape index (κ2) is 2.04. The first-order chi connectivity index (χ1) is 5.04. The van der Waals surface area contributed by atoms with Crippen molar-refractivity contribution in [3.8, 4) is 0 Å². The van der Waals surface area contributed by atoms with Crippen molar-refractivity contribution >= 4 is 17.6 Å². The summed E-state index contributed by atoms with van der Waals surface area (Å²) in [6.07, 6.45) is 0. The van der Waals surface area contributed by atoms with Gasteiger partial charge in [0.2, 0.25) is 5.82 Å². The van der Waals surface area contributed by atoms with Crippen LogP contribution >= 0.6 is 0 Å². The van der Waals surface area contributed by atoms with Crippen LogP contribution in [0.4, 0.5) is 17.6 Å². The highest BCUT2D eigenvalue weighted by Gasteiger charge is 2.12. The van der Waals surface area contributed by atoms with E-state index in [0.717, 1.165) is 6.07 Å². The molecule has 1 aromatic rings. The molecule has 6 N–H and O–H groups in total. The Kier molecular flexibility index (Phi) is 1.34. The molecule has 0 unspecified atom stereocenters. The van der Waals surface area contributed by atoms with E-state index in [-0.39, 0.29) is 21.1 Å². The molecule has 0 radical (unpaired) electrons. The molecule has 0 aliphatic rings. The lowest BCUT2D eigenvalue weighted by molar-refractivity contribution is -0.702. The van der Waals surface area contributed by atoms with Crippen LogP contribution in [-0.2, 0) is 0 Å². The van der Waals surface area contributed by atoms with Crippen LogP contribution in [0.15, 0.2) is 6.07 Å². The zero-order valence-electron chi connectivity index (χ0n) is 5.52. The smallest absolute Gasteiger partial charge is 0.451 e. The van der Waals surface area contributed by atoms with Gasteiger partial charge in [-0.3, -0.25) is 5.73 Å². The SMILES string of the molecule is Nc1cc(N)[n+]([O-])c(N)[n+]1[O-]. The molecule has 7 nitrogen and oxygen atoms in total. The predicted octanol–water partition coefficient (Wildman–Crippen LogP) is -2.30. The van der Waals surface area contributed by atoms with E-state index in [1.807, 2.05) is 0 Å². The standard InChI is InChI=1S/C4H7N5O2/c5-2-1-3(6)9(11)4(7)8(2)10/h1H,5-7H2. The van der Waals surface area contributed by atoms with Crippen molar-refractivity contribution in [2.75, 3.05) is 17.2 Å². The van der Waals surface area contributed by atoms with Gasteiger partial charge in [-0.25, -0.2) is 5.73 Å². The summed E-state index contributed by atoms with van der Waals surface area (Å²) < 4.78 is 0.201. The zero-order valence-corrected chi connectivity index (χ0v) is 5.52. The van der Waals surface area contributed by atoms with Gasteiger partial charge in [0.15, 0.2) is 0 Å². The van der Waals surface area contributed by atoms with Crippen LogP contribution in [0, 0.1) is 10.4 Å². The molecule has 0 aromatic carbocycles. The van der Waals surface area contributed by atoms with E-state index in [2.05, 4.69) is 0 Å². The molecule has 1 heterocycles. The van der Waals surface area contributed by atoms with Crippen molar-refractivity contribution < 1.29 is 9.46 Å². The molecule has 7 heteroatoms. The van der Waals surface area contributed by atoms with Crippen molar-refractivity contribution in [3.05, 3.63) is 16.5 Å². The quantitative estimate of drug-likeness (QED) is 0.288. The summed E-state index contributed by atoms with van der Waals surface area (Å²) >= 11 is 0. The van der Waals surface area contributed by atoms with Gasteiger partial charge in [-0.1, -0.05) is 0 Å². The van der Waals surface area contributed by atoms with E-state index in [9.17, 15) is 10.4 Å². The summed E-state index contributed by atoms with van der Waals surface area (Å²) in [6.45, 7) is 0. The van der Waals surface area contributed by atoms with Crippen LogP contribution < -0.4 is 26.7 Å². The van der Waals surface area contributed by atoms with Gasteiger partial charge in [0.1, 0.15) is 0 Å². The van der Waals surface area contributed by atoms with E-state index in [4.69, 9.17) is 17.2 Å². The summed E-state index contributed by atoms with van der Waals surface area (Å²) in [7, 11) is 0. The fourth-order valence-corrected chi connectivity index (χ4v) is 0.616. The third kappa shape index (κ3) is 0.914. The van der Waals surface area contributed by atoms with Crippen molar-refractivity contribution in [1.29, 1.82) is 0 Å². The van der Waals surface area contributed by atoms with Gasteiger partial charge in [-0.15, -0.1) is 0 Å². The summed E-state index contributed by atoms with van der Waals surface area (Å²) in [5.74, 6) is -0.985. The average molecular weight is 157 g/mol. The number of nitrogens with zero attached hydrogens (tertiary/aromatic N) is 2. The van der Waals surface area contributed by atoms with E-state index in [1.54, 1.807) is 0 Å². The second-order valence-corrected chi connectivity index (χ2v) is 1.94. The molecule has 0 fully saturated rings. The minimum Gasteiger partial charge on any atom is -0.706 e. The molecule has 60 valence electrons. The van der Waals surface area contributed by atoms with Crippen molar-refractivity contribution in [2.45, 2.75) is 0 Å². The Morgan fingerprint density at radius 1 is 1.00 bits per heavy atom. The first kappa shape index (κ1) is 7.19. The van der Waals surface area contributed by atoms with Crippen molar-refractivity contribution in [2.24, 2.45) is 0 Å². The fourth-order valence-electron chi connectivity index (χ4n) is 0.616. The lowest BCUT2D eigenvalue weighted by Crippen LogP contribution is -2.48. The van der Waals surface area contributed by atoms with Crippen LogP contribution in [0.25, 0.3) is 0 Å². The van der Waals surface area contributed by atoms with Gasteiger partial charge < -0.3 is 16.1 Å². The Hall–Kier alpha value is -1.92. The number of aromatic nitrogens is 2. The topological polar surface area (TPSA) is 132 Å². The highest BCUT2D eigenvalue weighted by molar-refractivity contribution is 5.34. The molecule has 0 bridgehead atoms. The van der Waals surface area contributed by atoms with Crippen molar-refractivity contribution in [3.63, 3.8) is 0 Å². The van der Waals surface area contributed by atoms with Gasteiger partial charge >= 0.3 is 5.95 Å². The molecule has 0 saturated heterocycles. The first-order valence-corrected chi connectivity index (χ1v) is 2.70. The number of anilines is 3. The molecule has 0 saturated carbocycles. The minimum absolute atomic E-state index is 0.101. The number of hydrogen-bond acceptors (Lipinski definition) is 5. The Labute approximate surface area is 61.8 Å². The molecule has 1 rings (SSSR count). The summed E-state index contributed by atoms with van der Waals surface area (Å²) in [6, 6.07) is 1.04. The molecule has 0 spiro atoms. The van der Waals surface area contributed by atoms with Crippen LogP contribution in [0.1, 0.15) is 0 Å². The Morgan fingerprint density at radius 2 is 1.36 bits per heavy atom. The number of nitrogen functional groups attached to an aromatic ring is 3. The zero-order chi connectivity index (χ0) is 8.59. The van der Waals surface area contributed by atoms with Gasteiger partial charge in [-0.05, 0) is 0 Å². The van der Waals surface area contributed by atoms with E-state index >= 15 is 0 Å². The molecule has 0 atom stereocenters. The second-order valence-electron chi connectivity index (χ2n) is 1.94.